The molecule has 1 aromatic rings. The van der Waals surface area contributed by atoms with Crippen LogP contribution in [0.4, 0.5) is 10.1 Å². The van der Waals surface area contributed by atoms with Crippen molar-refractivity contribution in [3.8, 4) is 0 Å². The molecule has 0 atom stereocenters. The topological polar surface area (TPSA) is 101 Å². The fourth-order valence-electron chi connectivity index (χ4n) is 0.607. The molecule has 0 fully saturated rings. The van der Waals surface area contributed by atoms with Crippen LogP contribution in [0.5, 0.6) is 0 Å². The highest BCUT2D eigenvalue weighted by molar-refractivity contribution is 9.10. The summed E-state index contributed by atoms with van der Waals surface area (Å²) in [4.78, 5) is 8.36. The summed E-state index contributed by atoms with van der Waals surface area (Å²) >= 11 is 3.12. The fourth-order valence-corrected chi connectivity index (χ4v) is 0.940. The van der Waals surface area contributed by atoms with Crippen LogP contribution in [0.1, 0.15) is 0 Å². The monoisotopic (exact) mass is 267 g/mol. The van der Waals surface area contributed by atoms with E-state index in [0.717, 1.165) is 0 Å². The lowest BCUT2D eigenvalue weighted by Gasteiger charge is -2.00. The first-order valence-corrected chi connectivity index (χ1v) is 4.01. The summed E-state index contributed by atoms with van der Waals surface area (Å²) in [5.74, 6) is 4.63. The number of halogens is 2. The first kappa shape index (κ1) is 12.6. The Bertz CT molecular complexity index is 319. The molecule has 0 spiro atoms. The largest absolute Gasteiger partial charge is 0.328 e. The van der Waals surface area contributed by atoms with E-state index in [2.05, 4.69) is 21.4 Å². The van der Waals surface area contributed by atoms with E-state index in [-0.39, 0.29) is 5.82 Å². The van der Waals surface area contributed by atoms with E-state index in [9.17, 15) is 4.39 Å². The zero-order valence-electron chi connectivity index (χ0n) is 6.78. The third-order valence-electron chi connectivity index (χ3n) is 1.09. The van der Waals surface area contributed by atoms with Crippen LogP contribution in [0.25, 0.3) is 0 Å². The Kier molecular flexibility index (Phi) is 5.49. The third-order valence-corrected chi connectivity index (χ3v) is 1.58. The van der Waals surface area contributed by atoms with Crippen molar-refractivity contribution >= 4 is 21.6 Å². The SMILES string of the molecule is NNc1ccc(Br)cc1F.O=[N+]([O-])O. The average Bonchev–Trinajstić information content (AvgIpc) is 2.03. The van der Waals surface area contributed by atoms with Gasteiger partial charge in [0.15, 0.2) is 0 Å². The Balaban J connectivity index is 0.000000364. The number of nitrogens with one attached hydrogen (secondary N) is 1. The minimum atomic E-state index is -1.50. The first-order valence-electron chi connectivity index (χ1n) is 3.22. The molecule has 0 radical (unpaired) electrons. The van der Waals surface area contributed by atoms with Crippen LogP contribution in [0.15, 0.2) is 22.7 Å². The van der Waals surface area contributed by atoms with Crippen molar-refractivity contribution in [3.63, 3.8) is 0 Å². The molecule has 0 aliphatic rings. The van der Waals surface area contributed by atoms with Gasteiger partial charge in [-0.05, 0) is 18.2 Å². The maximum Gasteiger partial charge on any atom is 0.291 e. The van der Waals surface area contributed by atoms with Gasteiger partial charge >= 0.3 is 0 Å². The molecule has 0 saturated heterocycles. The van der Waals surface area contributed by atoms with Gasteiger partial charge in [0, 0.05) is 4.47 Å². The van der Waals surface area contributed by atoms with Crippen LogP contribution in [0, 0.1) is 15.9 Å². The summed E-state index contributed by atoms with van der Waals surface area (Å²) in [6, 6.07) is 4.60. The Morgan fingerprint density at radius 3 is 2.50 bits per heavy atom. The lowest BCUT2D eigenvalue weighted by atomic mass is 10.3. The normalized spacial score (nSPS) is 8.50. The molecule has 0 heterocycles. The number of nitrogen functional groups attached to an aromatic ring is 1. The van der Waals surface area contributed by atoms with Crippen molar-refractivity contribution in [1.82, 2.24) is 0 Å². The third kappa shape index (κ3) is 5.27. The molecule has 0 aliphatic carbocycles. The fraction of sp³-hybridized carbons (Fsp3) is 0. The molecule has 1 rings (SSSR count). The zero-order valence-corrected chi connectivity index (χ0v) is 8.36. The second-order valence-corrected chi connectivity index (χ2v) is 2.92. The molecule has 4 N–H and O–H groups in total. The molecule has 0 aromatic heterocycles. The van der Waals surface area contributed by atoms with E-state index in [1.807, 2.05) is 0 Å². The smallest absolute Gasteiger partial charge is 0.291 e. The van der Waals surface area contributed by atoms with Crippen molar-refractivity contribution in [3.05, 3.63) is 38.6 Å². The highest BCUT2D eigenvalue weighted by atomic mass is 79.9. The number of rotatable bonds is 1. The molecule has 0 amide bonds. The van der Waals surface area contributed by atoms with E-state index in [0.29, 0.717) is 10.2 Å². The van der Waals surface area contributed by atoms with Gasteiger partial charge in [0.1, 0.15) is 5.82 Å². The predicted molar refractivity (Wildman–Crippen MR) is 50.7 cm³/mol. The lowest BCUT2D eigenvalue weighted by molar-refractivity contribution is -0.742. The van der Waals surface area contributed by atoms with Crippen molar-refractivity contribution in [2.45, 2.75) is 0 Å². The molecule has 0 aliphatic heterocycles. The van der Waals surface area contributed by atoms with Crippen molar-refractivity contribution < 1.29 is 14.7 Å². The molecule has 0 unspecified atom stereocenters. The summed E-state index contributed by atoms with van der Waals surface area (Å²) in [6.07, 6.45) is 0. The number of nitrogens with two attached hydrogens (primary N) is 1. The van der Waals surface area contributed by atoms with Gasteiger partial charge in [-0.15, -0.1) is 10.1 Å². The molecule has 14 heavy (non-hydrogen) atoms. The average molecular weight is 268 g/mol. The summed E-state index contributed by atoms with van der Waals surface area (Å²) in [7, 11) is 0. The van der Waals surface area contributed by atoms with Crippen molar-refractivity contribution in [2.75, 3.05) is 5.43 Å². The molecule has 0 saturated carbocycles. The van der Waals surface area contributed by atoms with Crippen LogP contribution in [-0.4, -0.2) is 10.3 Å². The van der Waals surface area contributed by atoms with Gasteiger partial charge in [0.05, 0.1) is 5.69 Å². The molecular formula is C6H7BrFN3O3. The van der Waals surface area contributed by atoms with Gasteiger partial charge in [-0.1, -0.05) is 15.9 Å². The molecule has 8 heteroatoms. The Hall–Kier alpha value is -1.41. The zero-order chi connectivity index (χ0) is 11.1. The summed E-state index contributed by atoms with van der Waals surface area (Å²) in [5, 5.41) is 13.6. The summed E-state index contributed by atoms with van der Waals surface area (Å²) in [5.41, 5.74) is 2.52. The molecule has 0 bridgehead atoms. The van der Waals surface area contributed by atoms with Gasteiger partial charge in [-0.25, -0.2) is 4.39 Å². The van der Waals surface area contributed by atoms with Crippen LogP contribution in [0.3, 0.4) is 0 Å². The minimum Gasteiger partial charge on any atom is -0.328 e. The van der Waals surface area contributed by atoms with Crippen LogP contribution in [0.2, 0.25) is 0 Å². The van der Waals surface area contributed by atoms with Gasteiger partial charge in [0.2, 0.25) is 0 Å². The van der Waals surface area contributed by atoms with E-state index in [1.54, 1.807) is 12.1 Å². The van der Waals surface area contributed by atoms with Crippen molar-refractivity contribution in [2.24, 2.45) is 5.84 Å². The van der Waals surface area contributed by atoms with E-state index >= 15 is 0 Å². The Labute approximate surface area is 86.7 Å². The number of benzene rings is 1. The molecule has 6 nitrogen and oxygen atoms in total. The minimum absolute atomic E-state index is 0.295. The highest BCUT2D eigenvalue weighted by Gasteiger charge is 1.98. The summed E-state index contributed by atoms with van der Waals surface area (Å²) in [6.45, 7) is 0. The molecular weight excluding hydrogens is 261 g/mol. The van der Waals surface area contributed by atoms with Gasteiger partial charge in [-0.2, -0.15) is 0 Å². The Morgan fingerprint density at radius 1 is 1.64 bits per heavy atom. The number of nitrogens with zero attached hydrogens (tertiary/aromatic N) is 1. The second-order valence-electron chi connectivity index (χ2n) is 2.01. The van der Waals surface area contributed by atoms with Crippen LogP contribution < -0.4 is 11.3 Å². The predicted octanol–water partition coefficient (Wildman–Crippen LogP) is 1.53. The molecule has 78 valence electrons. The highest BCUT2D eigenvalue weighted by Crippen LogP contribution is 2.17. The van der Waals surface area contributed by atoms with E-state index < -0.39 is 5.09 Å². The van der Waals surface area contributed by atoms with Gasteiger partial charge in [-0.3, -0.25) is 5.84 Å². The van der Waals surface area contributed by atoms with Gasteiger partial charge in [0.25, 0.3) is 5.09 Å². The number of hydrogen-bond acceptors (Lipinski definition) is 4. The number of hydrazine groups is 1. The standard InChI is InChI=1S/C6H6BrFN2.HNO3/c7-4-1-2-6(10-9)5(8)3-4;2-1(3)4/h1-3,10H,9H2;(H,2,3,4). The Morgan fingerprint density at radius 2 is 2.14 bits per heavy atom. The number of anilines is 1. The van der Waals surface area contributed by atoms with E-state index in [4.69, 9.17) is 21.2 Å². The maximum atomic E-state index is 12.7. The summed E-state index contributed by atoms with van der Waals surface area (Å²) < 4.78 is 13.4. The number of hydrogen-bond donors (Lipinski definition) is 3. The quantitative estimate of drug-likeness (QED) is 0.407. The first-order chi connectivity index (χ1) is 6.47. The molecule has 1 aromatic carbocycles. The van der Waals surface area contributed by atoms with E-state index in [1.165, 1.54) is 6.07 Å². The van der Waals surface area contributed by atoms with Crippen molar-refractivity contribution in [1.29, 1.82) is 0 Å². The lowest BCUT2D eigenvalue weighted by Crippen LogP contribution is -2.08. The second kappa shape index (κ2) is 6.11. The van der Waals surface area contributed by atoms with Gasteiger partial charge < -0.3 is 10.6 Å². The van der Waals surface area contributed by atoms with Crippen LogP contribution >= 0.6 is 15.9 Å². The maximum absolute atomic E-state index is 12.7. The van der Waals surface area contributed by atoms with Crippen LogP contribution in [-0.2, 0) is 0 Å².